The number of hydrogen-bond donors (Lipinski definition) is 1. The molecule has 1 aliphatic heterocycles. The SMILES string of the molecule is CCc1ccc(N2CCO[C@@H](C(C)(C)O)C2)cc1. The van der Waals surface area contributed by atoms with Crippen molar-refractivity contribution in [3.8, 4) is 0 Å². The number of aryl methyl sites for hydroxylation is 1. The minimum Gasteiger partial charge on any atom is -0.388 e. The van der Waals surface area contributed by atoms with E-state index in [9.17, 15) is 5.11 Å². The lowest BCUT2D eigenvalue weighted by atomic mass is 10.00. The van der Waals surface area contributed by atoms with Crippen molar-refractivity contribution in [1.82, 2.24) is 0 Å². The highest BCUT2D eigenvalue weighted by molar-refractivity contribution is 5.48. The first-order chi connectivity index (χ1) is 8.50. The molecular formula is C15H23NO2. The van der Waals surface area contributed by atoms with Gasteiger partial charge in [0.15, 0.2) is 0 Å². The molecule has 1 aromatic rings. The van der Waals surface area contributed by atoms with Crippen LogP contribution in [0.5, 0.6) is 0 Å². The van der Waals surface area contributed by atoms with Gasteiger partial charge >= 0.3 is 0 Å². The summed E-state index contributed by atoms with van der Waals surface area (Å²) in [5.74, 6) is 0. The smallest absolute Gasteiger partial charge is 0.103 e. The van der Waals surface area contributed by atoms with Crippen LogP contribution in [0.4, 0.5) is 5.69 Å². The van der Waals surface area contributed by atoms with Crippen LogP contribution < -0.4 is 4.90 Å². The summed E-state index contributed by atoms with van der Waals surface area (Å²) in [6.45, 7) is 8.08. The van der Waals surface area contributed by atoms with E-state index in [4.69, 9.17) is 4.74 Å². The average molecular weight is 249 g/mol. The summed E-state index contributed by atoms with van der Waals surface area (Å²) in [6.07, 6.45) is 0.937. The molecule has 1 N–H and O–H groups in total. The van der Waals surface area contributed by atoms with E-state index in [0.29, 0.717) is 6.61 Å². The van der Waals surface area contributed by atoms with Crippen molar-refractivity contribution in [2.45, 2.75) is 38.9 Å². The number of hydrogen-bond acceptors (Lipinski definition) is 3. The van der Waals surface area contributed by atoms with Gasteiger partial charge in [0, 0.05) is 18.8 Å². The molecule has 1 aromatic carbocycles. The van der Waals surface area contributed by atoms with Gasteiger partial charge in [-0.1, -0.05) is 19.1 Å². The van der Waals surface area contributed by atoms with Crippen LogP contribution in [-0.2, 0) is 11.2 Å². The highest BCUT2D eigenvalue weighted by Gasteiger charge is 2.32. The molecule has 1 heterocycles. The second-order valence-electron chi connectivity index (χ2n) is 5.48. The molecule has 18 heavy (non-hydrogen) atoms. The molecule has 2 rings (SSSR count). The lowest BCUT2D eigenvalue weighted by Crippen LogP contribution is -2.52. The summed E-state index contributed by atoms with van der Waals surface area (Å²) in [5.41, 5.74) is 1.78. The fraction of sp³-hybridized carbons (Fsp3) is 0.600. The number of benzene rings is 1. The van der Waals surface area contributed by atoms with Gasteiger partial charge in [-0.05, 0) is 38.0 Å². The normalized spacial score (nSPS) is 21.1. The van der Waals surface area contributed by atoms with Gasteiger partial charge in [0.25, 0.3) is 0 Å². The van der Waals surface area contributed by atoms with Crippen molar-refractivity contribution >= 4 is 5.69 Å². The van der Waals surface area contributed by atoms with Crippen LogP contribution in [0.2, 0.25) is 0 Å². The average Bonchev–Trinajstić information content (AvgIpc) is 2.38. The van der Waals surface area contributed by atoms with Gasteiger partial charge in [-0.2, -0.15) is 0 Å². The summed E-state index contributed by atoms with van der Waals surface area (Å²) in [4.78, 5) is 2.28. The van der Waals surface area contributed by atoms with Crippen molar-refractivity contribution in [2.75, 3.05) is 24.6 Å². The van der Waals surface area contributed by atoms with Crippen LogP contribution in [0, 0.1) is 0 Å². The second kappa shape index (κ2) is 5.29. The first kappa shape index (κ1) is 13.4. The third-order valence-electron chi connectivity index (χ3n) is 3.56. The quantitative estimate of drug-likeness (QED) is 0.891. The topological polar surface area (TPSA) is 32.7 Å². The number of anilines is 1. The highest BCUT2D eigenvalue weighted by atomic mass is 16.5. The van der Waals surface area contributed by atoms with Crippen molar-refractivity contribution in [3.05, 3.63) is 29.8 Å². The van der Waals surface area contributed by atoms with Gasteiger partial charge in [-0.25, -0.2) is 0 Å². The molecule has 3 heteroatoms. The van der Waals surface area contributed by atoms with Gasteiger partial charge in [0.2, 0.25) is 0 Å². The van der Waals surface area contributed by atoms with E-state index >= 15 is 0 Å². The van der Waals surface area contributed by atoms with E-state index in [1.165, 1.54) is 11.3 Å². The first-order valence-corrected chi connectivity index (χ1v) is 6.68. The standard InChI is InChI=1S/C15H23NO2/c1-4-12-5-7-13(8-6-12)16-9-10-18-14(11-16)15(2,3)17/h5-8,14,17H,4,9-11H2,1-3H3/t14-/m1/s1. The molecule has 1 fully saturated rings. The summed E-state index contributed by atoms with van der Waals surface area (Å²) in [5, 5.41) is 10.0. The zero-order valence-electron chi connectivity index (χ0n) is 11.5. The van der Waals surface area contributed by atoms with Gasteiger partial charge < -0.3 is 14.7 Å². The predicted molar refractivity (Wildman–Crippen MR) is 74.1 cm³/mol. The lowest BCUT2D eigenvalue weighted by molar-refractivity contribution is -0.0927. The Balaban J connectivity index is 2.08. The Hall–Kier alpha value is -1.06. The molecule has 0 saturated carbocycles. The minimum absolute atomic E-state index is 0.128. The number of ether oxygens (including phenoxy) is 1. The van der Waals surface area contributed by atoms with Crippen LogP contribution in [0.1, 0.15) is 26.3 Å². The fourth-order valence-electron chi connectivity index (χ4n) is 2.25. The van der Waals surface area contributed by atoms with E-state index in [-0.39, 0.29) is 6.10 Å². The second-order valence-corrected chi connectivity index (χ2v) is 5.48. The molecule has 0 spiro atoms. The summed E-state index contributed by atoms with van der Waals surface area (Å²) >= 11 is 0. The Morgan fingerprint density at radius 1 is 1.33 bits per heavy atom. The van der Waals surface area contributed by atoms with E-state index in [1.54, 1.807) is 13.8 Å². The minimum atomic E-state index is -0.790. The molecule has 0 amide bonds. The number of nitrogens with zero attached hydrogens (tertiary/aromatic N) is 1. The predicted octanol–water partition coefficient (Wildman–Crippen LogP) is 2.23. The Bertz CT molecular complexity index is 380. The molecule has 1 aliphatic rings. The van der Waals surface area contributed by atoms with E-state index < -0.39 is 5.60 Å². The summed E-state index contributed by atoms with van der Waals surface area (Å²) in [6, 6.07) is 8.66. The first-order valence-electron chi connectivity index (χ1n) is 6.68. The molecule has 1 saturated heterocycles. The molecule has 0 bridgehead atoms. The lowest BCUT2D eigenvalue weighted by Gasteiger charge is -2.39. The largest absolute Gasteiger partial charge is 0.388 e. The number of aliphatic hydroxyl groups is 1. The number of morpholine rings is 1. The monoisotopic (exact) mass is 249 g/mol. The maximum absolute atomic E-state index is 10.0. The third kappa shape index (κ3) is 3.03. The van der Waals surface area contributed by atoms with Crippen LogP contribution in [0.25, 0.3) is 0 Å². The zero-order valence-corrected chi connectivity index (χ0v) is 11.5. The molecule has 0 unspecified atom stereocenters. The van der Waals surface area contributed by atoms with Crippen molar-refractivity contribution in [2.24, 2.45) is 0 Å². The molecule has 100 valence electrons. The van der Waals surface area contributed by atoms with Crippen molar-refractivity contribution in [1.29, 1.82) is 0 Å². The maximum Gasteiger partial charge on any atom is 0.103 e. The third-order valence-corrected chi connectivity index (χ3v) is 3.56. The van der Waals surface area contributed by atoms with Crippen molar-refractivity contribution < 1.29 is 9.84 Å². The van der Waals surface area contributed by atoms with Crippen LogP contribution >= 0.6 is 0 Å². The van der Waals surface area contributed by atoms with Crippen LogP contribution in [0.3, 0.4) is 0 Å². The van der Waals surface area contributed by atoms with E-state index in [0.717, 1.165) is 19.5 Å². The highest BCUT2D eigenvalue weighted by Crippen LogP contribution is 2.23. The Morgan fingerprint density at radius 2 is 2.00 bits per heavy atom. The van der Waals surface area contributed by atoms with Crippen LogP contribution in [0.15, 0.2) is 24.3 Å². The zero-order chi connectivity index (χ0) is 13.2. The summed E-state index contributed by atoms with van der Waals surface area (Å²) in [7, 11) is 0. The van der Waals surface area contributed by atoms with Gasteiger partial charge in [0.05, 0.1) is 12.2 Å². The molecule has 3 nitrogen and oxygen atoms in total. The molecular weight excluding hydrogens is 226 g/mol. The maximum atomic E-state index is 10.0. The molecule has 1 atom stereocenters. The van der Waals surface area contributed by atoms with Gasteiger partial charge in [-0.15, -0.1) is 0 Å². The Morgan fingerprint density at radius 3 is 2.56 bits per heavy atom. The molecule has 0 radical (unpaired) electrons. The van der Waals surface area contributed by atoms with Crippen LogP contribution in [-0.4, -0.2) is 36.5 Å². The number of rotatable bonds is 3. The molecule has 0 aliphatic carbocycles. The Labute approximate surface area is 109 Å². The van der Waals surface area contributed by atoms with E-state index in [1.807, 2.05) is 0 Å². The fourth-order valence-corrected chi connectivity index (χ4v) is 2.25. The van der Waals surface area contributed by atoms with Crippen molar-refractivity contribution in [3.63, 3.8) is 0 Å². The van der Waals surface area contributed by atoms with E-state index in [2.05, 4.69) is 36.1 Å². The Kier molecular flexibility index (Phi) is 3.93. The molecule has 0 aromatic heterocycles. The van der Waals surface area contributed by atoms with Gasteiger partial charge in [-0.3, -0.25) is 0 Å². The summed E-state index contributed by atoms with van der Waals surface area (Å²) < 4.78 is 5.65. The van der Waals surface area contributed by atoms with Gasteiger partial charge in [0.1, 0.15) is 6.10 Å².